The van der Waals surface area contributed by atoms with Crippen LogP contribution in [0, 0.1) is 0 Å². The van der Waals surface area contributed by atoms with Crippen molar-refractivity contribution in [2.75, 3.05) is 23.7 Å². The molecule has 4 aromatic rings. The van der Waals surface area contributed by atoms with E-state index in [0.717, 1.165) is 34.0 Å². The van der Waals surface area contributed by atoms with E-state index in [1.807, 2.05) is 66.2 Å². The summed E-state index contributed by atoms with van der Waals surface area (Å²) >= 11 is 0. The summed E-state index contributed by atoms with van der Waals surface area (Å²) in [5, 5.41) is 18.4. The second-order valence-corrected chi connectivity index (χ2v) is 12.3. The Hall–Kier alpha value is -3.73. The second-order valence-electron chi connectivity index (χ2n) is 10.2. The number of amides is 1. The molecule has 210 valence electrons. The van der Waals surface area contributed by atoms with Crippen LogP contribution in [0.25, 0.3) is 10.9 Å². The van der Waals surface area contributed by atoms with E-state index in [1.54, 1.807) is 18.5 Å². The first-order valence-electron chi connectivity index (χ1n) is 13.5. The number of aliphatic hydroxyl groups excluding tert-OH is 1. The van der Waals surface area contributed by atoms with E-state index in [0.29, 0.717) is 30.8 Å². The third-order valence-corrected chi connectivity index (χ3v) is 9.27. The molecule has 10 heteroatoms. The molecule has 5 rings (SSSR count). The van der Waals surface area contributed by atoms with Crippen LogP contribution in [0.15, 0.2) is 73.2 Å². The van der Waals surface area contributed by atoms with E-state index in [9.17, 15) is 18.3 Å². The van der Waals surface area contributed by atoms with Crippen LogP contribution >= 0.6 is 0 Å². The van der Waals surface area contributed by atoms with Crippen LogP contribution in [0.3, 0.4) is 0 Å². The number of carbonyl (C=O) groups excluding carboxylic acids is 1. The average molecular weight is 562 g/mol. The number of aryl methyl sites for hydroxylation is 2. The van der Waals surface area contributed by atoms with Crippen LogP contribution in [0.4, 0.5) is 5.69 Å². The lowest BCUT2D eigenvalue weighted by molar-refractivity contribution is 0.0830. The summed E-state index contributed by atoms with van der Waals surface area (Å²) in [5.74, 6) is -0.373. The Morgan fingerprint density at radius 2 is 1.85 bits per heavy atom. The van der Waals surface area contributed by atoms with Crippen LogP contribution in [0.5, 0.6) is 0 Å². The van der Waals surface area contributed by atoms with Gasteiger partial charge in [0.05, 0.1) is 29.1 Å². The second kappa shape index (κ2) is 11.8. The number of hydrogen-bond acceptors (Lipinski definition) is 6. The van der Waals surface area contributed by atoms with Gasteiger partial charge in [-0.2, -0.15) is 0 Å². The first-order chi connectivity index (χ1) is 19.3. The molecule has 0 aliphatic carbocycles. The maximum absolute atomic E-state index is 13.7. The van der Waals surface area contributed by atoms with Crippen molar-refractivity contribution in [3.63, 3.8) is 0 Å². The molecule has 2 aromatic carbocycles. The molecule has 0 radical (unpaired) electrons. The van der Waals surface area contributed by atoms with Gasteiger partial charge in [0.25, 0.3) is 5.91 Å². The highest BCUT2D eigenvalue weighted by Gasteiger charge is 2.29. The number of nitrogens with zero attached hydrogens (tertiary/aromatic N) is 3. The summed E-state index contributed by atoms with van der Waals surface area (Å²) in [6.45, 7) is 3.24. The number of aliphatic hydroxyl groups is 1. The van der Waals surface area contributed by atoms with E-state index in [1.165, 1.54) is 11.4 Å². The van der Waals surface area contributed by atoms with Gasteiger partial charge in [-0.3, -0.25) is 14.1 Å². The zero-order valence-corrected chi connectivity index (χ0v) is 23.6. The minimum absolute atomic E-state index is 0.00944. The molecule has 9 nitrogen and oxygen atoms in total. The Balaban J connectivity index is 1.42. The maximum Gasteiger partial charge on any atom is 0.251 e. The van der Waals surface area contributed by atoms with Crippen molar-refractivity contribution in [2.24, 2.45) is 0 Å². The Bertz CT molecular complexity index is 1590. The number of hydrogen-bond donors (Lipinski definition) is 3. The molecule has 2 aromatic heterocycles. The molecule has 0 spiro atoms. The van der Waals surface area contributed by atoms with Crippen LogP contribution in [-0.4, -0.2) is 60.5 Å². The molecule has 0 saturated heterocycles. The lowest BCUT2D eigenvalue weighted by Gasteiger charge is -2.25. The molecule has 2 atom stereocenters. The lowest BCUT2D eigenvalue weighted by Crippen LogP contribution is -2.48. The number of nitrogens with one attached hydrogen (secondary N) is 2. The molecule has 0 saturated carbocycles. The van der Waals surface area contributed by atoms with Crippen molar-refractivity contribution in [3.05, 3.63) is 95.4 Å². The summed E-state index contributed by atoms with van der Waals surface area (Å²) in [7, 11) is -1.99. The SMILES string of the molecule is CCc1cn2c3c(cc(C(=O)N[C@@H](Cc4ccccc4)[C@H](O)CNCc4ccncc4)cc13)N(C)S(=O)(=O)CC2. The van der Waals surface area contributed by atoms with Crippen molar-refractivity contribution in [2.45, 2.75) is 45.0 Å². The number of benzene rings is 2. The van der Waals surface area contributed by atoms with E-state index >= 15 is 0 Å². The molecule has 0 fully saturated rings. The van der Waals surface area contributed by atoms with Gasteiger partial charge in [0, 0.05) is 56.2 Å². The van der Waals surface area contributed by atoms with E-state index in [4.69, 9.17) is 0 Å². The number of pyridine rings is 1. The van der Waals surface area contributed by atoms with Gasteiger partial charge in [-0.05, 0) is 53.8 Å². The predicted octanol–water partition coefficient (Wildman–Crippen LogP) is 2.87. The quantitative estimate of drug-likeness (QED) is 0.274. The maximum atomic E-state index is 13.7. The minimum atomic E-state index is -3.53. The monoisotopic (exact) mass is 561 g/mol. The molecular weight excluding hydrogens is 526 g/mol. The smallest absolute Gasteiger partial charge is 0.251 e. The molecule has 3 N–H and O–H groups in total. The van der Waals surface area contributed by atoms with Gasteiger partial charge in [0.1, 0.15) is 0 Å². The zero-order valence-electron chi connectivity index (χ0n) is 22.7. The molecule has 1 aliphatic heterocycles. The Morgan fingerprint density at radius 3 is 2.58 bits per heavy atom. The van der Waals surface area contributed by atoms with Crippen LogP contribution < -0.4 is 14.9 Å². The molecule has 1 amide bonds. The van der Waals surface area contributed by atoms with E-state index < -0.39 is 22.2 Å². The van der Waals surface area contributed by atoms with E-state index in [-0.39, 0.29) is 18.2 Å². The highest BCUT2D eigenvalue weighted by molar-refractivity contribution is 7.92. The zero-order chi connectivity index (χ0) is 28.3. The first kappa shape index (κ1) is 27.8. The third kappa shape index (κ3) is 5.89. The molecular formula is C30H35N5O4S. The van der Waals surface area contributed by atoms with Gasteiger partial charge < -0.3 is 20.3 Å². The summed E-state index contributed by atoms with van der Waals surface area (Å²) in [6, 6.07) is 16.4. The van der Waals surface area contributed by atoms with Crippen molar-refractivity contribution in [1.29, 1.82) is 0 Å². The molecule has 3 heterocycles. The summed E-state index contributed by atoms with van der Waals surface area (Å²) in [4.78, 5) is 17.7. The van der Waals surface area contributed by atoms with Crippen molar-refractivity contribution in [3.8, 4) is 0 Å². The average Bonchev–Trinajstić information content (AvgIpc) is 3.29. The van der Waals surface area contributed by atoms with Crippen LogP contribution in [0.2, 0.25) is 0 Å². The van der Waals surface area contributed by atoms with Gasteiger partial charge in [-0.25, -0.2) is 8.42 Å². The van der Waals surface area contributed by atoms with Crippen molar-refractivity contribution < 1.29 is 18.3 Å². The van der Waals surface area contributed by atoms with Gasteiger partial charge in [0.2, 0.25) is 10.0 Å². The van der Waals surface area contributed by atoms with E-state index in [2.05, 4.69) is 15.6 Å². The first-order valence-corrected chi connectivity index (χ1v) is 15.1. The topological polar surface area (TPSA) is 117 Å². The lowest BCUT2D eigenvalue weighted by atomic mass is 9.99. The molecule has 0 unspecified atom stereocenters. The fourth-order valence-corrected chi connectivity index (χ4v) is 6.37. The predicted molar refractivity (Wildman–Crippen MR) is 157 cm³/mol. The molecule has 1 aliphatic rings. The fraction of sp³-hybridized carbons (Fsp3) is 0.333. The standard InChI is InChI=1S/C30H35N5O4S/c1-3-23-20-35-13-14-40(38,39)34(2)27-17-24(16-25(23)29(27)35)30(37)33-26(15-21-7-5-4-6-8-21)28(36)19-32-18-22-9-11-31-12-10-22/h4-12,16-17,20,26,28,32,36H,3,13-15,18-19H2,1-2H3,(H,33,37)/t26-,28+/m0/s1. The van der Waals surface area contributed by atoms with Crippen molar-refractivity contribution in [1.82, 2.24) is 20.2 Å². The number of carbonyl (C=O) groups is 1. The Kier molecular flexibility index (Phi) is 8.20. The largest absolute Gasteiger partial charge is 0.390 e. The van der Waals surface area contributed by atoms with Crippen molar-refractivity contribution >= 4 is 32.5 Å². The van der Waals surface area contributed by atoms with Gasteiger partial charge >= 0.3 is 0 Å². The highest BCUT2D eigenvalue weighted by Crippen LogP contribution is 2.35. The Morgan fingerprint density at radius 1 is 1.10 bits per heavy atom. The number of sulfonamides is 1. The third-order valence-electron chi connectivity index (χ3n) is 7.54. The van der Waals surface area contributed by atoms with Crippen LogP contribution in [-0.2, 0) is 36.0 Å². The summed E-state index contributed by atoms with van der Waals surface area (Å²) in [6.07, 6.45) is 5.75. The number of aromatic nitrogens is 2. The van der Waals surface area contributed by atoms with Gasteiger partial charge in [0.15, 0.2) is 0 Å². The Labute approximate surface area is 234 Å². The molecule has 40 heavy (non-hydrogen) atoms. The van der Waals surface area contributed by atoms with Crippen LogP contribution in [0.1, 0.15) is 34.0 Å². The normalized spacial score (nSPS) is 15.9. The summed E-state index contributed by atoms with van der Waals surface area (Å²) in [5.41, 5.74) is 4.74. The summed E-state index contributed by atoms with van der Waals surface area (Å²) < 4.78 is 29.0. The molecule has 0 bridgehead atoms. The fourth-order valence-electron chi connectivity index (χ4n) is 5.23. The number of rotatable bonds is 10. The number of anilines is 1. The minimum Gasteiger partial charge on any atom is -0.390 e. The highest BCUT2D eigenvalue weighted by atomic mass is 32.2. The van der Waals surface area contributed by atoms with Gasteiger partial charge in [-0.1, -0.05) is 37.3 Å². The van der Waals surface area contributed by atoms with Gasteiger partial charge in [-0.15, -0.1) is 0 Å².